The molecule has 0 aliphatic rings. The van der Waals surface area contributed by atoms with Gasteiger partial charge in [-0.15, -0.1) is 20.2 Å². The summed E-state index contributed by atoms with van der Waals surface area (Å²) in [5.74, 6) is 0. The van der Waals surface area contributed by atoms with Crippen LogP contribution in [-0.2, 0) is 9.68 Å². The van der Waals surface area contributed by atoms with Crippen molar-refractivity contribution >= 4 is 0 Å². The minimum atomic E-state index is -1.01. The van der Waals surface area contributed by atoms with E-state index in [4.69, 9.17) is 0 Å². The number of hydrogen-bond donors (Lipinski definition) is 0. The molecule has 1 atom stereocenters. The van der Waals surface area contributed by atoms with Crippen molar-refractivity contribution < 1.29 is 19.8 Å². The Morgan fingerprint density at radius 3 is 2.31 bits per heavy atom. The molecule has 0 fully saturated rings. The third kappa shape index (κ3) is 6.78. The van der Waals surface area contributed by atoms with E-state index in [2.05, 4.69) is 9.68 Å². The molecule has 0 aromatic carbocycles. The summed E-state index contributed by atoms with van der Waals surface area (Å²) >= 11 is 0. The van der Waals surface area contributed by atoms with Crippen LogP contribution in [0.2, 0.25) is 0 Å². The molecule has 0 radical (unpaired) electrons. The Kier molecular flexibility index (Phi) is 5.24. The van der Waals surface area contributed by atoms with Gasteiger partial charge in [0, 0.05) is 0 Å². The summed E-state index contributed by atoms with van der Waals surface area (Å²) < 4.78 is 0. The van der Waals surface area contributed by atoms with E-state index in [0.717, 1.165) is 0 Å². The molecule has 1 unspecified atom stereocenters. The summed E-state index contributed by atoms with van der Waals surface area (Å²) in [7, 11) is 0. The summed E-state index contributed by atoms with van der Waals surface area (Å²) in [5.41, 5.74) is 0. The summed E-state index contributed by atoms with van der Waals surface area (Å²) in [6.07, 6.45) is 0.0967. The van der Waals surface area contributed by atoms with E-state index in [0.29, 0.717) is 12.8 Å². The first-order valence-electron chi connectivity index (χ1n) is 3.64. The Hall–Kier alpha value is -1.60. The standard InChI is InChI=1S/C5H10N2O6/c1-2-3-5(13-7(10)11)4-12-6(8)9/h5H,2-4H2,1H3. The van der Waals surface area contributed by atoms with Gasteiger partial charge in [-0.3, -0.25) is 0 Å². The van der Waals surface area contributed by atoms with Crippen LogP contribution in [0.5, 0.6) is 0 Å². The lowest BCUT2D eigenvalue weighted by Gasteiger charge is -2.11. The SMILES string of the molecule is CCCC(CO[N+](=O)[O-])O[N+](=O)[O-]. The van der Waals surface area contributed by atoms with Gasteiger partial charge in [0.1, 0.15) is 12.7 Å². The van der Waals surface area contributed by atoms with Crippen LogP contribution in [0.3, 0.4) is 0 Å². The Labute approximate surface area is 73.6 Å². The van der Waals surface area contributed by atoms with Crippen LogP contribution >= 0.6 is 0 Å². The van der Waals surface area contributed by atoms with Crippen LogP contribution in [0.15, 0.2) is 0 Å². The monoisotopic (exact) mass is 194 g/mol. The molecule has 0 rings (SSSR count). The molecule has 0 saturated heterocycles. The highest BCUT2D eigenvalue weighted by molar-refractivity contribution is 4.51. The van der Waals surface area contributed by atoms with E-state index >= 15 is 0 Å². The van der Waals surface area contributed by atoms with Gasteiger partial charge in [-0.1, -0.05) is 13.3 Å². The van der Waals surface area contributed by atoms with Crippen LogP contribution in [0.1, 0.15) is 19.8 Å². The fraction of sp³-hybridized carbons (Fsp3) is 1.00. The zero-order chi connectivity index (χ0) is 10.3. The van der Waals surface area contributed by atoms with E-state index in [1.165, 1.54) is 0 Å². The summed E-state index contributed by atoms with van der Waals surface area (Å²) in [5, 5.41) is 17.6. The highest BCUT2D eigenvalue weighted by Gasteiger charge is 2.14. The van der Waals surface area contributed by atoms with Crippen LogP contribution in [-0.4, -0.2) is 22.9 Å². The van der Waals surface area contributed by atoms with Gasteiger partial charge in [0.05, 0.1) is 0 Å². The molecule has 0 aliphatic heterocycles. The topological polar surface area (TPSA) is 105 Å². The zero-order valence-electron chi connectivity index (χ0n) is 7.04. The third-order valence-electron chi connectivity index (χ3n) is 1.21. The highest BCUT2D eigenvalue weighted by Crippen LogP contribution is 2.02. The van der Waals surface area contributed by atoms with Crippen LogP contribution in [0, 0.1) is 20.2 Å². The first-order chi connectivity index (χ1) is 6.06. The second-order valence-corrected chi connectivity index (χ2v) is 2.26. The molecule has 13 heavy (non-hydrogen) atoms. The lowest BCUT2D eigenvalue weighted by atomic mass is 10.2. The minimum Gasteiger partial charge on any atom is -0.312 e. The predicted octanol–water partition coefficient (Wildman–Crippen LogP) is 0.572. The van der Waals surface area contributed by atoms with Gasteiger partial charge >= 0.3 is 0 Å². The first kappa shape index (κ1) is 11.4. The average molecular weight is 194 g/mol. The van der Waals surface area contributed by atoms with E-state index in [-0.39, 0.29) is 0 Å². The third-order valence-corrected chi connectivity index (χ3v) is 1.21. The molecule has 0 bridgehead atoms. The normalized spacial score (nSPS) is 11.8. The zero-order valence-corrected chi connectivity index (χ0v) is 7.04. The van der Waals surface area contributed by atoms with Gasteiger partial charge in [-0.2, -0.15) is 0 Å². The van der Waals surface area contributed by atoms with Crippen LogP contribution in [0.25, 0.3) is 0 Å². The largest absolute Gasteiger partial charge is 0.312 e. The van der Waals surface area contributed by atoms with E-state index in [1.807, 2.05) is 0 Å². The maximum Gasteiger partial charge on any atom is 0.294 e. The average Bonchev–Trinajstić information content (AvgIpc) is 1.99. The quantitative estimate of drug-likeness (QED) is 0.433. The first-order valence-corrected chi connectivity index (χ1v) is 3.64. The molecule has 0 spiro atoms. The second-order valence-electron chi connectivity index (χ2n) is 2.26. The fourth-order valence-corrected chi connectivity index (χ4v) is 0.754. The van der Waals surface area contributed by atoms with E-state index in [9.17, 15) is 20.2 Å². The van der Waals surface area contributed by atoms with Gasteiger partial charge in [-0.05, 0) is 6.42 Å². The molecule has 0 aromatic rings. The van der Waals surface area contributed by atoms with Gasteiger partial charge in [0.15, 0.2) is 0 Å². The minimum absolute atomic E-state index is 0.342. The molecule has 76 valence electrons. The Morgan fingerprint density at radius 2 is 1.92 bits per heavy atom. The summed E-state index contributed by atoms with van der Waals surface area (Å²) in [6, 6.07) is 0. The van der Waals surface area contributed by atoms with E-state index in [1.54, 1.807) is 6.92 Å². The van der Waals surface area contributed by atoms with Crippen molar-refractivity contribution in [2.45, 2.75) is 25.9 Å². The van der Waals surface area contributed by atoms with E-state index < -0.39 is 22.9 Å². The van der Waals surface area contributed by atoms with Gasteiger partial charge in [0.25, 0.3) is 10.2 Å². The molecule has 8 nitrogen and oxygen atoms in total. The summed E-state index contributed by atoms with van der Waals surface area (Å²) in [4.78, 5) is 27.7. The van der Waals surface area contributed by atoms with Crippen LogP contribution in [0.4, 0.5) is 0 Å². The van der Waals surface area contributed by atoms with Gasteiger partial charge < -0.3 is 9.68 Å². The molecule has 0 heterocycles. The fourth-order valence-electron chi connectivity index (χ4n) is 0.754. The van der Waals surface area contributed by atoms with Crippen molar-refractivity contribution in [2.75, 3.05) is 6.61 Å². The smallest absolute Gasteiger partial charge is 0.294 e. The number of rotatable bonds is 7. The Morgan fingerprint density at radius 1 is 1.31 bits per heavy atom. The maximum absolute atomic E-state index is 9.89. The highest BCUT2D eigenvalue weighted by atomic mass is 17.0. The molecule has 0 aromatic heterocycles. The van der Waals surface area contributed by atoms with Gasteiger partial charge in [0.2, 0.25) is 0 Å². The summed E-state index contributed by atoms with van der Waals surface area (Å²) in [6.45, 7) is 1.37. The molecule has 0 saturated carbocycles. The predicted molar refractivity (Wildman–Crippen MR) is 39.7 cm³/mol. The number of nitrogens with zero attached hydrogens (tertiary/aromatic N) is 2. The Bertz CT molecular complexity index is 184. The maximum atomic E-state index is 9.89. The molecular weight excluding hydrogens is 184 g/mol. The van der Waals surface area contributed by atoms with Gasteiger partial charge in [-0.25, -0.2) is 0 Å². The van der Waals surface area contributed by atoms with Crippen molar-refractivity contribution in [1.29, 1.82) is 0 Å². The Balaban J connectivity index is 3.79. The van der Waals surface area contributed by atoms with Crippen LogP contribution < -0.4 is 0 Å². The lowest BCUT2D eigenvalue weighted by molar-refractivity contribution is -0.790. The lowest BCUT2D eigenvalue weighted by Crippen LogP contribution is -2.24. The van der Waals surface area contributed by atoms with Crippen molar-refractivity contribution in [2.24, 2.45) is 0 Å². The number of hydrogen-bond acceptors (Lipinski definition) is 6. The van der Waals surface area contributed by atoms with Crippen molar-refractivity contribution in [3.05, 3.63) is 20.2 Å². The van der Waals surface area contributed by atoms with Crippen molar-refractivity contribution in [3.63, 3.8) is 0 Å². The molecular formula is C5H10N2O6. The molecule has 0 aliphatic carbocycles. The molecule has 0 amide bonds. The molecule has 0 N–H and O–H groups in total. The second kappa shape index (κ2) is 5.98. The van der Waals surface area contributed by atoms with Crippen molar-refractivity contribution in [3.8, 4) is 0 Å². The van der Waals surface area contributed by atoms with Crippen molar-refractivity contribution in [1.82, 2.24) is 0 Å². The molecule has 8 heteroatoms.